The molecule has 0 fully saturated rings. The van der Waals surface area contributed by atoms with Gasteiger partial charge < -0.3 is 4.90 Å². The standard InChI is InChI=1S/C29H26N2O/c1-3-24(32)18-29-25-17-22-11-7-8-12-26(22)30-27(25)19-28(21-9-5-4-6-10-21)31(29)23-15-13-20(2)14-16-23/h4-17,19,29H,3,18H2,1-2H3. The summed E-state index contributed by atoms with van der Waals surface area (Å²) in [5.41, 5.74) is 7.50. The van der Waals surface area contributed by atoms with Gasteiger partial charge in [-0.15, -0.1) is 0 Å². The summed E-state index contributed by atoms with van der Waals surface area (Å²) in [6.45, 7) is 4.03. The summed E-state index contributed by atoms with van der Waals surface area (Å²) in [5, 5.41) is 1.10. The fraction of sp³-hybridized carbons (Fsp3) is 0.172. The maximum atomic E-state index is 12.8. The molecule has 32 heavy (non-hydrogen) atoms. The van der Waals surface area contributed by atoms with E-state index in [1.807, 2.05) is 31.2 Å². The highest BCUT2D eigenvalue weighted by Crippen LogP contribution is 2.44. The molecule has 1 aliphatic rings. The lowest BCUT2D eigenvalue weighted by Gasteiger charge is -2.39. The summed E-state index contributed by atoms with van der Waals surface area (Å²) in [7, 11) is 0. The van der Waals surface area contributed by atoms with Crippen LogP contribution in [-0.4, -0.2) is 10.8 Å². The summed E-state index contributed by atoms with van der Waals surface area (Å²) >= 11 is 0. The number of rotatable bonds is 5. The molecule has 5 rings (SSSR count). The third-order valence-corrected chi connectivity index (χ3v) is 6.19. The minimum Gasteiger partial charge on any atom is -0.333 e. The van der Waals surface area contributed by atoms with Crippen LogP contribution in [0.4, 0.5) is 5.69 Å². The first kappa shape index (κ1) is 20.2. The monoisotopic (exact) mass is 418 g/mol. The van der Waals surface area contributed by atoms with Gasteiger partial charge in [-0.1, -0.05) is 73.2 Å². The van der Waals surface area contributed by atoms with Crippen molar-refractivity contribution in [1.29, 1.82) is 0 Å². The van der Waals surface area contributed by atoms with Crippen molar-refractivity contribution in [3.8, 4) is 0 Å². The second-order valence-electron chi connectivity index (χ2n) is 8.37. The first-order valence-electron chi connectivity index (χ1n) is 11.2. The third kappa shape index (κ3) is 3.71. The maximum Gasteiger partial charge on any atom is 0.135 e. The quantitative estimate of drug-likeness (QED) is 0.351. The molecule has 0 saturated carbocycles. The van der Waals surface area contributed by atoms with Crippen LogP contribution in [-0.2, 0) is 4.79 Å². The molecular weight excluding hydrogens is 392 g/mol. The van der Waals surface area contributed by atoms with Crippen LogP contribution in [0.25, 0.3) is 22.7 Å². The van der Waals surface area contributed by atoms with E-state index < -0.39 is 0 Å². The summed E-state index contributed by atoms with van der Waals surface area (Å²) in [5.74, 6) is 0.250. The van der Waals surface area contributed by atoms with E-state index in [9.17, 15) is 4.79 Å². The second kappa shape index (κ2) is 8.43. The molecule has 3 heteroatoms. The van der Waals surface area contributed by atoms with Gasteiger partial charge in [0.1, 0.15) is 5.78 Å². The lowest BCUT2D eigenvalue weighted by Crippen LogP contribution is -2.32. The number of carbonyl (C=O) groups excluding carboxylic acids is 1. The topological polar surface area (TPSA) is 33.2 Å². The number of para-hydroxylation sites is 1. The number of anilines is 1. The predicted octanol–water partition coefficient (Wildman–Crippen LogP) is 6.97. The van der Waals surface area contributed by atoms with E-state index in [-0.39, 0.29) is 11.8 Å². The van der Waals surface area contributed by atoms with Crippen LogP contribution in [0.2, 0.25) is 0 Å². The molecule has 4 aromatic rings. The number of pyridine rings is 1. The van der Waals surface area contributed by atoms with Gasteiger partial charge in [-0.05, 0) is 42.8 Å². The van der Waals surface area contributed by atoms with Gasteiger partial charge in [-0.2, -0.15) is 0 Å². The largest absolute Gasteiger partial charge is 0.333 e. The molecule has 0 saturated heterocycles. The van der Waals surface area contributed by atoms with Gasteiger partial charge in [-0.3, -0.25) is 4.79 Å². The Kier molecular flexibility index (Phi) is 5.32. The number of aromatic nitrogens is 1. The van der Waals surface area contributed by atoms with E-state index in [1.54, 1.807) is 0 Å². The highest BCUT2D eigenvalue weighted by molar-refractivity contribution is 5.96. The third-order valence-electron chi connectivity index (χ3n) is 6.19. The van der Waals surface area contributed by atoms with Gasteiger partial charge in [-0.25, -0.2) is 4.98 Å². The Labute approximate surface area is 189 Å². The van der Waals surface area contributed by atoms with Crippen molar-refractivity contribution in [2.24, 2.45) is 0 Å². The van der Waals surface area contributed by atoms with E-state index in [4.69, 9.17) is 4.98 Å². The summed E-state index contributed by atoms with van der Waals surface area (Å²) < 4.78 is 0. The maximum absolute atomic E-state index is 12.8. The summed E-state index contributed by atoms with van der Waals surface area (Å²) in [6.07, 6.45) is 3.14. The molecule has 0 aliphatic carbocycles. The number of ketones is 1. The van der Waals surface area contributed by atoms with E-state index in [1.165, 1.54) is 5.56 Å². The fourth-order valence-corrected chi connectivity index (χ4v) is 4.45. The van der Waals surface area contributed by atoms with Gasteiger partial charge in [0.2, 0.25) is 0 Å². The molecule has 0 radical (unpaired) electrons. The molecule has 1 aromatic heterocycles. The fourth-order valence-electron chi connectivity index (χ4n) is 4.45. The molecule has 0 bridgehead atoms. The number of fused-ring (bicyclic) bond motifs is 2. The zero-order valence-corrected chi connectivity index (χ0v) is 18.5. The van der Waals surface area contributed by atoms with Gasteiger partial charge in [0.15, 0.2) is 0 Å². The second-order valence-corrected chi connectivity index (χ2v) is 8.37. The highest BCUT2D eigenvalue weighted by atomic mass is 16.1. The molecule has 3 nitrogen and oxygen atoms in total. The Balaban J connectivity index is 1.78. The number of carbonyl (C=O) groups is 1. The molecule has 1 unspecified atom stereocenters. The van der Waals surface area contributed by atoms with E-state index in [0.717, 1.165) is 39.1 Å². The highest BCUT2D eigenvalue weighted by Gasteiger charge is 2.32. The summed E-state index contributed by atoms with van der Waals surface area (Å²) in [4.78, 5) is 20.1. The van der Waals surface area contributed by atoms with Crippen molar-refractivity contribution < 1.29 is 4.79 Å². The molecule has 0 spiro atoms. The van der Waals surface area contributed by atoms with Crippen LogP contribution < -0.4 is 4.90 Å². The Morgan fingerprint density at radius 3 is 2.41 bits per heavy atom. The van der Waals surface area contributed by atoms with Gasteiger partial charge in [0.05, 0.1) is 22.9 Å². The number of benzene rings is 3. The van der Waals surface area contributed by atoms with Gasteiger partial charge in [0.25, 0.3) is 0 Å². The average molecular weight is 419 g/mol. The van der Waals surface area contributed by atoms with Crippen molar-refractivity contribution in [2.45, 2.75) is 32.7 Å². The minimum absolute atomic E-state index is 0.113. The van der Waals surface area contributed by atoms with Crippen LogP contribution in [0, 0.1) is 6.92 Å². The zero-order chi connectivity index (χ0) is 22.1. The zero-order valence-electron chi connectivity index (χ0n) is 18.5. The Morgan fingerprint density at radius 1 is 0.938 bits per heavy atom. The lowest BCUT2D eigenvalue weighted by molar-refractivity contribution is -0.119. The molecule has 0 N–H and O–H groups in total. The average Bonchev–Trinajstić information content (AvgIpc) is 2.84. The van der Waals surface area contributed by atoms with Crippen molar-refractivity contribution in [2.75, 3.05) is 4.90 Å². The van der Waals surface area contributed by atoms with Crippen LogP contribution >= 0.6 is 0 Å². The van der Waals surface area contributed by atoms with Crippen molar-refractivity contribution in [3.63, 3.8) is 0 Å². The number of hydrogen-bond donors (Lipinski definition) is 0. The van der Waals surface area contributed by atoms with Crippen molar-refractivity contribution >= 4 is 34.1 Å². The first-order valence-corrected chi connectivity index (χ1v) is 11.2. The minimum atomic E-state index is -0.113. The smallest absolute Gasteiger partial charge is 0.135 e. The number of nitrogens with zero attached hydrogens (tertiary/aromatic N) is 2. The Bertz CT molecular complexity index is 1310. The molecule has 1 atom stereocenters. The van der Waals surface area contributed by atoms with Crippen molar-refractivity contribution in [1.82, 2.24) is 4.98 Å². The van der Waals surface area contributed by atoms with Crippen LogP contribution in [0.1, 0.15) is 48.2 Å². The number of hydrogen-bond acceptors (Lipinski definition) is 3. The molecule has 2 heterocycles. The predicted molar refractivity (Wildman–Crippen MR) is 132 cm³/mol. The first-order chi connectivity index (χ1) is 15.6. The molecule has 3 aromatic carbocycles. The lowest BCUT2D eigenvalue weighted by atomic mass is 9.89. The SMILES string of the molecule is CCC(=O)CC1c2cc3ccccc3nc2C=C(c2ccccc2)N1c1ccc(C)cc1. The van der Waals surface area contributed by atoms with E-state index >= 15 is 0 Å². The number of aryl methyl sites for hydroxylation is 1. The van der Waals surface area contributed by atoms with Gasteiger partial charge in [0, 0.05) is 29.5 Å². The number of Topliss-reactive ketones (excluding diaryl/α,β-unsaturated/α-hetero) is 1. The van der Waals surface area contributed by atoms with Crippen LogP contribution in [0.15, 0.2) is 84.9 Å². The molecule has 158 valence electrons. The van der Waals surface area contributed by atoms with Gasteiger partial charge >= 0.3 is 0 Å². The van der Waals surface area contributed by atoms with Crippen molar-refractivity contribution in [3.05, 3.63) is 107 Å². The van der Waals surface area contributed by atoms with E-state index in [0.29, 0.717) is 12.8 Å². The normalized spacial score (nSPS) is 15.4. The van der Waals surface area contributed by atoms with E-state index in [2.05, 4.69) is 78.6 Å². The van der Waals surface area contributed by atoms with Crippen LogP contribution in [0.3, 0.4) is 0 Å². The molecular formula is C29H26N2O. The Morgan fingerprint density at radius 2 is 1.66 bits per heavy atom. The Hall–Kier alpha value is -3.72. The molecule has 0 amide bonds. The molecule has 1 aliphatic heterocycles. The van der Waals surface area contributed by atoms with Crippen LogP contribution in [0.5, 0.6) is 0 Å². The summed E-state index contributed by atoms with van der Waals surface area (Å²) in [6, 6.07) is 29.2.